The first-order chi connectivity index (χ1) is 10.8. The molecule has 0 unspecified atom stereocenters. The number of pyridine rings is 1. The highest BCUT2D eigenvalue weighted by Gasteiger charge is 2.24. The number of nitrogens with one attached hydrogen (secondary N) is 2. The Balaban J connectivity index is 1.47. The third-order valence-corrected chi connectivity index (χ3v) is 3.82. The second-order valence-electron chi connectivity index (χ2n) is 5.28. The highest BCUT2D eigenvalue weighted by Crippen LogP contribution is 2.30. The second kappa shape index (κ2) is 5.18. The van der Waals surface area contributed by atoms with Gasteiger partial charge in [0.25, 0.3) is 5.95 Å². The van der Waals surface area contributed by atoms with Crippen LogP contribution in [0, 0.1) is 0 Å². The van der Waals surface area contributed by atoms with Crippen molar-refractivity contribution in [3.05, 3.63) is 48.0 Å². The van der Waals surface area contributed by atoms with Crippen molar-refractivity contribution in [3.8, 4) is 0 Å². The molecule has 22 heavy (non-hydrogen) atoms. The number of carbonyl (C=O) groups excluding carboxylic acids is 1. The zero-order chi connectivity index (χ0) is 14.9. The molecule has 2 amide bonds. The molecule has 1 aliphatic carbocycles. The Morgan fingerprint density at radius 2 is 2.32 bits per heavy atom. The first-order valence-electron chi connectivity index (χ1n) is 7.25. The topological polar surface area (TPSA) is 84.5 Å². The maximum Gasteiger partial charge on any atom is 0.322 e. The number of rotatable bonds is 2. The third-order valence-electron chi connectivity index (χ3n) is 3.82. The zero-order valence-electron chi connectivity index (χ0n) is 11.8. The van der Waals surface area contributed by atoms with Crippen LogP contribution in [0.2, 0.25) is 0 Å². The Bertz CT molecular complexity index is 789. The Kier molecular flexibility index (Phi) is 3.03. The van der Waals surface area contributed by atoms with Crippen molar-refractivity contribution in [2.75, 3.05) is 5.32 Å². The molecular formula is C15H15N5O2. The van der Waals surface area contributed by atoms with E-state index in [0.717, 1.165) is 30.6 Å². The largest absolute Gasteiger partial charge is 0.469 e. The summed E-state index contributed by atoms with van der Waals surface area (Å²) in [5.41, 5.74) is 1.75. The third kappa shape index (κ3) is 2.30. The predicted molar refractivity (Wildman–Crippen MR) is 79.5 cm³/mol. The Labute approximate surface area is 126 Å². The summed E-state index contributed by atoms with van der Waals surface area (Å²) in [5.74, 6) is 1.24. The highest BCUT2D eigenvalue weighted by atomic mass is 16.3. The Morgan fingerprint density at radius 3 is 3.23 bits per heavy atom. The van der Waals surface area contributed by atoms with Gasteiger partial charge in [0.15, 0.2) is 5.65 Å². The standard InChI is InChI=1S/C15H15N5O2/c21-15(16-11-4-3-5-12-10(11)7-9-22-12)18-14-17-13-6-1-2-8-20(13)19-14/h1-2,6-9,11H,3-5H2,(H2,16,18,19,21)/t11-/m1/s1. The van der Waals surface area contributed by atoms with E-state index in [1.807, 2.05) is 24.3 Å². The molecule has 0 spiro atoms. The molecule has 0 saturated heterocycles. The molecule has 0 radical (unpaired) electrons. The molecule has 0 aliphatic heterocycles. The van der Waals surface area contributed by atoms with Gasteiger partial charge in [-0.3, -0.25) is 5.32 Å². The first-order valence-corrected chi connectivity index (χ1v) is 7.25. The number of hydrogen-bond donors (Lipinski definition) is 2. The summed E-state index contributed by atoms with van der Waals surface area (Å²) in [4.78, 5) is 16.4. The molecule has 112 valence electrons. The normalized spacial score (nSPS) is 17.2. The van der Waals surface area contributed by atoms with Crippen LogP contribution in [0.15, 0.2) is 41.1 Å². The fourth-order valence-corrected chi connectivity index (χ4v) is 2.82. The van der Waals surface area contributed by atoms with Gasteiger partial charge in [0.2, 0.25) is 0 Å². The number of aryl methyl sites for hydroxylation is 1. The lowest BCUT2D eigenvalue weighted by Gasteiger charge is -2.22. The van der Waals surface area contributed by atoms with Crippen LogP contribution < -0.4 is 10.6 Å². The van der Waals surface area contributed by atoms with Gasteiger partial charge in [-0.15, -0.1) is 5.10 Å². The van der Waals surface area contributed by atoms with Crippen LogP contribution in [0.1, 0.15) is 30.2 Å². The molecule has 3 aromatic heterocycles. The zero-order valence-corrected chi connectivity index (χ0v) is 11.8. The van der Waals surface area contributed by atoms with Crippen LogP contribution in [-0.4, -0.2) is 20.6 Å². The molecule has 7 heteroatoms. The van der Waals surface area contributed by atoms with E-state index in [4.69, 9.17) is 4.42 Å². The molecule has 1 atom stereocenters. The number of urea groups is 1. The van der Waals surface area contributed by atoms with Crippen molar-refractivity contribution in [2.45, 2.75) is 25.3 Å². The fourth-order valence-electron chi connectivity index (χ4n) is 2.82. The molecule has 0 bridgehead atoms. The molecule has 0 fully saturated rings. The van der Waals surface area contributed by atoms with Gasteiger partial charge in [-0.2, -0.15) is 4.98 Å². The number of hydrogen-bond acceptors (Lipinski definition) is 4. The van der Waals surface area contributed by atoms with Crippen molar-refractivity contribution in [2.24, 2.45) is 0 Å². The van der Waals surface area contributed by atoms with Gasteiger partial charge in [0.05, 0.1) is 12.3 Å². The van der Waals surface area contributed by atoms with E-state index in [9.17, 15) is 4.79 Å². The van der Waals surface area contributed by atoms with Crippen molar-refractivity contribution in [1.82, 2.24) is 19.9 Å². The lowest BCUT2D eigenvalue weighted by atomic mass is 9.93. The highest BCUT2D eigenvalue weighted by molar-refractivity contribution is 5.87. The molecule has 1 aliphatic rings. The maximum absolute atomic E-state index is 12.1. The van der Waals surface area contributed by atoms with Gasteiger partial charge < -0.3 is 9.73 Å². The molecule has 3 heterocycles. The van der Waals surface area contributed by atoms with E-state index in [1.165, 1.54) is 0 Å². The minimum absolute atomic E-state index is 0.0282. The number of carbonyl (C=O) groups is 1. The summed E-state index contributed by atoms with van der Waals surface area (Å²) in [5, 5.41) is 9.83. The minimum Gasteiger partial charge on any atom is -0.469 e. The number of anilines is 1. The number of amides is 2. The number of nitrogens with zero attached hydrogens (tertiary/aromatic N) is 3. The van der Waals surface area contributed by atoms with Crippen LogP contribution in [-0.2, 0) is 6.42 Å². The lowest BCUT2D eigenvalue weighted by Crippen LogP contribution is -2.34. The van der Waals surface area contributed by atoms with Gasteiger partial charge in [0, 0.05) is 18.2 Å². The van der Waals surface area contributed by atoms with Crippen LogP contribution in [0.4, 0.5) is 10.7 Å². The van der Waals surface area contributed by atoms with E-state index in [2.05, 4.69) is 20.7 Å². The quantitative estimate of drug-likeness (QED) is 0.761. The summed E-state index contributed by atoms with van der Waals surface area (Å²) >= 11 is 0. The van der Waals surface area contributed by atoms with E-state index >= 15 is 0 Å². The maximum atomic E-state index is 12.1. The van der Waals surface area contributed by atoms with Gasteiger partial charge in [-0.1, -0.05) is 6.07 Å². The summed E-state index contributed by atoms with van der Waals surface area (Å²) < 4.78 is 7.04. The smallest absolute Gasteiger partial charge is 0.322 e. The Morgan fingerprint density at radius 1 is 1.36 bits per heavy atom. The second-order valence-corrected chi connectivity index (χ2v) is 5.28. The fraction of sp³-hybridized carbons (Fsp3) is 0.267. The lowest BCUT2D eigenvalue weighted by molar-refractivity contribution is 0.246. The predicted octanol–water partition coefficient (Wildman–Crippen LogP) is 2.52. The van der Waals surface area contributed by atoms with Crippen LogP contribution in [0.3, 0.4) is 0 Å². The van der Waals surface area contributed by atoms with Crippen molar-refractivity contribution < 1.29 is 9.21 Å². The van der Waals surface area contributed by atoms with Gasteiger partial charge in [0.1, 0.15) is 5.76 Å². The Hall–Kier alpha value is -2.83. The molecule has 3 aromatic rings. The van der Waals surface area contributed by atoms with Crippen LogP contribution in [0.25, 0.3) is 5.65 Å². The van der Waals surface area contributed by atoms with Crippen molar-refractivity contribution in [1.29, 1.82) is 0 Å². The van der Waals surface area contributed by atoms with Crippen LogP contribution >= 0.6 is 0 Å². The molecule has 2 N–H and O–H groups in total. The van der Waals surface area contributed by atoms with Crippen molar-refractivity contribution in [3.63, 3.8) is 0 Å². The summed E-state index contributed by atoms with van der Waals surface area (Å²) in [7, 11) is 0. The van der Waals surface area contributed by atoms with Gasteiger partial charge in [-0.25, -0.2) is 9.31 Å². The molecule has 4 rings (SSSR count). The van der Waals surface area contributed by atoms with Crippen LogP contribution in [0.5, 0.6) is 0 Å². The average Bonchev–Trinajstić information content (AvgIpc) is 3.12. The van der Waals surface area contributed by atoms with Gasteiger partial charge in [-0.05, 0) is 31.0 Å². The van der Waals surface area contributed by atoms with E-state index in [1.54, 1.807) is 17.0 Å². The SMILES string of the molecule is O=C(Nc1nc2ccccn2n1)N[C@@H]1CCCc2occc21. The summed E-state index contributed by atoms with van der Waals surface area (Å²) in [6.45, 7) is 0. The number of aromatic nitrogens is 3. The first kappa shape index (κ1) is 12.9. The molecule has 7 nitrogen and oxygen atoms in total. The molecular weight excluding hydrogens is 282 g/mol. The van der Waals surface area contributed by atoms with E-state index in [0.29, 0.717) is 5.65 Å². The minimum atomic E-state index is -0.310. The summed E-state index contributed by atoms with van der Waals surface area (Å²) in [6, 6.07) is 7.14. The summed E-state index contributed by atoms with van der Waals surface area (Å²) in [6.07, 6.45) is 6.28. The number of furan rings is 1. The molecule has 0 aromatic carbocycles. The number of fused-ring (bicyclic) bond motifs is 2. The van der Waals surface area contributed by atoms with E-state index in [-0.39, 0.29) is 18.0 Å². The van der Waals surface area contributed by atoms with E-state index < -0.39 is 0 Å². The van der Waals surface area contributed by atoms with Crippen molar-refractivity contribution >= 4 is 17.6 Å². The van der Waals surface area contributed by atoms with Gasteiger partial charge >= 0.3 is 6.03 Å². The average molecular weight is 297 g/mol. The monoisotopic (exact) mass is 297 g/mol. The molecule has 0 saturated carbocycles.